The molecule has 7 heteroatoms. The molecule has 6 nitrogen and oxygen atoms in total. The molecule has 152 valence electrons. The molecule has 1 N–H and O–H groups in total. The van der Waals surface area contributed by atoms with E-state index < -0.39 is 0 Å². The molecular weight excluding hydrogens is 371 g/mol. The van der Waals surface area contributed by atoms with Gasteiger partial charge in [-0.2, -0.15) is 0 Å². The first-order chi connectivity index (χ1) is 14.1. The van der Waals surface area contributed by atoms with Crippen LogP contribution in [-0.4, -0.2) is 48.4 Å². The highest BCUT2D eigenvalue weighted by atomic mass is 19.1. The van der Waals surface area contributed by atoms with E-state index in [2.05, 4.69) is 9.88 Å². The van der Waals surface area contributed by atoms with Crippen molar-refractivity contribution in [2.45, 2.75) is 19.6 Å². The number of fused-ring (bicyclic) bond motifs is 1. The Labute approximate surface area is 169 Å². The van der Waals surface area contributed by atoms with Crippen molar-refractivity contribution < 1.29 is 14.2 Å². The van der Waals surface area contributed by atoms with Crippen molar-refractivity contribution in [2.24, 2.45) is 0 Å². The minimum Gasteiger partial charge on any atom is -0.392 e. The fraction of sp³-hybridized carbons (Fsp3) is 0.364. The summed E-state index contributed by atoms with van der Waals surface area (Å²) in [7, 11) is 1.93. The summed E-state index contributed by atoms with van der Waals surface area (Å²) in [5, 5.41) is 9.72. The van der Waals surface area contributed by atoms with E-state index >= 15 is 0 Å². The SMILES string of the molecule is CC(c1cc(CO)cc2ncc(N3CCOCC3)nc12)N(C)c1cccc(F)c1. The molecule has 1 saturated heterocycles. The van der Waals surface area contributed by atoms with Gasteiger partial charge in [-0.05, 0) is 42.8 Å². The van der Waals surface area contributed by atoms with Crippen LogP contribution in [0.3, 0.4) is 0 Å². The van der Waals surface area contributed by atoms with Crippen LogP contribution >= 0.6 is 0 Å². The molecule has 3 aromatic rings. The van der Waals surface area contributed by atoms with Crippen LogP contribution in [0.4, 0.5) is 15.9 Å². The van der Waals surface area contributed by atoms with Crippen LogP contribution < -0.4 is 9.80 Å². The van der Waals surface area contributed by atoms with Crippen LogP contribution in [0.1, 0.15) is 24.1 Å². The molecule has 1 aliphatic rings. The summed E-state index contributed by atoms with van der Waals surface area (Å²) in [6.45, 7) is 4.88. The molecule has 0 amide bonds. The third-order valence-corrected chi connectivity index (χ3v) is 5.49. The summed E-state index contributed by atoms with van der Waals surface area (Å²) < 4.78 is 19.2. The smallest absolute Gasteiger partial charge is 0.148 e. The molecule has 2 heterocycles. The van der Waals surface area contributed by atoms with Crippen molar-refractivity contribution in [1.29, 1.82) is 0 Å². The molecule has 0 radical (unpaired) electrons. The monoisotopic (exact) mass is 396 g/mol. The fourth-order valence-corrected chi connectivity index (χ4v) is 3.67. The Morgan fingerprint density at radius 1 is 1.24 bits per heavy atom. The number of anilines is 2. The molecule has 1 unspecified atom stereocenters. The van der Waals surface area contributed by atoms with Gasteiger partial charge in [-0.1, -0.05) is 6.07 Å². The van der Waals surface area contributed by atoms with Crippen LogP contribution in [0.5, 0.6) is 0 Å². The van der Waals surface area contributed by atoms with Crippen LogP contribution in [0.2, 0.25) is 0 Å². The Balaban J connectivity index is 1.77. The molecule has 0 bridgehead atoms. The summed E-state index contributed by atoms with van der Waals surface area (Å²) in [4.78, 5) is 13.7. The zero-order chi connectivity index (χ0) is 20.4. The number of hydrogen-bond donors (Lipinski definition) is 1. The zero-order valence-electron chi connectivity index (χ0n) is 16.7. The lowest BCUT2D eigenvalue weighted by molar-refractivity contribution is 0.122. The van der Waals surface area contributed by atoms with Crippen molar-refractivity contribution in [3.05, 3.63) is 59.5 Å². The third-order valence-electron chi connectivity index (χ3n) is 5.49. The molecular formula is C22H25FN4O2. The molecule has 1 fully saturated rings. The first kappa shape index (κ1) is 19.5. The molecule has 1 atom stereocenters. The van der Waals surface area contributed by atoms with Gasteiger partial charge < -0.3 is 19.6 Å². The first-order valence-electron chi connectivity index (χ1n) is 9.78. The summed E-state index contributed by atoms with van der Waals surface area (Å²) in [6.07, 6.45) is 1.78. The van der Waals surface area contributed by atoms with Crippen molar-refractivity contribution in [2.75, 3.05) is 43.2 Å². The summed E-state index contributed by atoms with van der Waals surface area (Å²) in [6, 6.07) is 10.3. The summed E-state index contributed by atoms with van der Waals surface area (Å²) >= 11 is 0. The Kier molecular flexibility index (Phi) is 5.60. The van der Waals surface area contributed by atoms with Gasteiger partial charge >= 0.3 is 0 Å². The minimum absolute atomic E-state index is 0.0771. The van der Waals surface area contributed by atoms with Gasteiger partial charge in [0.15, 0.2) is 0 Å². The van der Waals surface area contributed by atoms with Gasteiger partial charge in [-0.15, -0.1) is 0 Å². The Bertz CT molecular complexity index is 1010. The lowest BCUT2D eigenvalue weighted by Gasteiger charge is -2.30. The van der Waals surface area contributed by atoms with E-state index in [0.29, 0.717) is 13.2 Å². The second kappa shape index (κ2) is 8.31. The quantitative estimate of drug-likeness (QED) is 0.714. The molecule has 0 saturated carbocycles. The molecule has 4 rings (SSSR count). The van der Waals surface area contributed by atoms with Gasteiger partial charge in [0.05, 0.1) is 43.1 Å². The van der Waals surface area contributed by atoms with Gasteiger partial charge in [0.2, 0.25) is 0 Å². The fourth-order valence-electron chi connectivity index (χ4n) is 3.67. The Morgan fingerprint density at radius 3 is 2.76 bits per heavy atom. The Hall–Kier alpha value is -2.77. The maximum Gasteiger partial charge on any atom is 0.148 e. The summed E-state index contributed by atoms with van der Waals surface area (Å²) in [5.41, 5.74) is 4.03. The predicted molar refractivity (Wildman–Crippen MR) is 112 cm³/mol. The second-order valence-electron chi connectivity index (χ2n) is 7.31. The first-order valence-corrected chi connectivity index (χ1v) is 9.78. The molecule has 1 aromatic heterocycles. The number of aromatic nitrogens is 2. The number of aliphatic hydroxyl groups excluding tert-OH is 1. The normalized spacial score (nSPS) is 15.5. The van der Waals surface area contributed by atoms with E-state index in [9.17, 15) is 9.50 Å². The number of ether oxygens (including phenoxy) is 1. The number of benzene rings is 2. The van der Waals surface area contributed by atoms with Crippen LogP contribution in [0.25, 0.3) is 11.0 Å². The van der Waals surface area contributed by atoms with E-state index in [0.717, 1.165) is 46.8 Å². The summed E-state index contributed by atoms with van der Waals surface area (Å²) in [5.74, 6) is 0.546. The van der Waals surface area contributed by atoms with E-state index in [1.165, 1.54) is 12.1 Å². The lowest BCUT2D eigenvalue weighted by atomic mass is 10.0. The standard InChI is InChI=1S/C22H25FN4O2/c1-15(26(2)18-5-3-4-17(23)12-18)19-10-16(14-28)11-20-22(19)25-21(13-24-20)27-6-8-29-9-7-27/h3-5,10-13,15,28H,6-9,14H2,1-2H3. The number of aliphatic hydroxyl groups is 1. The van der Waals surface area contributed by atoms with Crippen molar-refractivity contribution >= 4 is 22.5 Å². The molecule has 1 aliphatic heterocycles. The van der Waals surface area contributed by atoms with E-state index in [-0.39, 0.29) is 18.5 Å². The topological polar surface area (TPSA) is 61.7 Å². The van der Waals surface area contributed by atoms with Crippen LogP contribution in [0, 0.1) is 5.82 Å². The minimum atomic E-state index is -0.273. The average Bonchev–Trinajstić information content (AvgIpc) is 2.77. The maximum absolute atomic E-state index is 13.7. The number of nitrogens with zero attached hydrogens (tertiary/aromatic N) is 4. The van der Waals surface area contributed by atoms with Gasteiger partial charge in [-0.25, -0.2) is 9.37 Å². The van der Waals surface area contributed by atoms with Crippen molar-refractivity contribution in [3.63, 3.8) is 0 Å². The van der Waals surface area contributed by atoms with Gasteiger partial charge in [-0.3, -0.25) is 4.98 Å². The van der Waals surface area contributed by atoms with Gasteiger partial charge in [0.1, 0.15) is 11.6 Å². The lowest BCUT2D eigenvalue weighted by Crippen LogP contribution is -2.36. The largest absolute Gasteiger partial charge is 0.392 e. The van der Waals surface area contributed by atoms with Gasteiger partial charge in [0, 0.05) is 31.4 Å². The second-order valence-corrected chi connectivity index (χ2v) is 7.31. The van der Waals surface area contributed by atoms with Crippen LogP contribution in [0.15, 0.2) is 42.6 Å². The zero-order valence-corrected chi connectivity index (χ0v) is 16.7. The number of rotatable bonds is 5. The Morgan fingerprint density at radius 2 is 2.03 bits per heavy atom. The van der Waals surface area contributed by atoms with E-state index in [1.807, 2.05) is 37.1 Å². The highest BCUT2D eigenvalue weighted by Gasteiger charge is 2.20. The predicted octanol–water partition coefficient (Wildman–Crippen LogP) is 3.30. The van der Waals surface area contributed by atoms with E-state index in [1.54, 1.807) is 12.3 Å². The molecule has 29 heavy (non-hydrogen) atoms. The maximum atomic E-state index is 13.7. The third kappa shape index (κ3) is 4.02. The van der Waals surface area contributed by atoms with Crippen molar-refractivity contribution in [3.8, 4) is 0 Å². The molecule has 2 aromatic carbocycles. The average molecular weight is 396 g/mol. The number of hydrogen-bond acceptors (Lipinski definition) is 6. The number of morpholine rings is 1. The van der Waals surface area contributed by atoms with Crippen molar-refractivity contribution in [1.82, 2.24) is 9.97 Å². The molecule has 0 aliphatic carbocycles. The highest BCUT2D eigenvalue weighted by Crippen LogP contribution is 2.31. The highest BCUT2D eigenvalue weighted by molar-refractivity contribution is 5.81. The van der Waals surface area contributed by atoms with Crippen LogP contribution in [-0.2, 0) is 11.3 Å². The van der Waals surface area contributed by atoms with E-state index in [4.69, 9.17) is 9.72 Å². The number of halogens is 1. The molecule has 0 spiro atoms. The van der Waals surface area contributed by atoms with Gasteiger partial charge in [0.25, 0.3) is 0 Å².